The average molecular weight is 268 g/mol. The SMILES string of the molecule is CC(Nc1nccn1-c1ccccc1)c1nncn1C. The highest BCUT2D eigenvalue weighted by atomic mass is 15.3. The zero-order chi connectivity index (χ0) is 13.9. The van der Waals surface area contributed by atoms with E-state index in [0.717, 1.165) is 17.5 Å². The molecule has 0 aliphatic carbocycles. The van der Waals surface area contributed by atoms with Crippen molar-refractivity contribution in [3.63, 3.8) is 0 Å². The molecule has 6 heteroatoms. The number of imidazole rings is 1. The van der Waals surface area contributed by atoms with Crippen LogP contribution in [0.15, 0.2) is 49.1 Å². The molecule has 0 aliphatic heterocycles. The molecule has 3 rings (SSSR count). The van der Waals surface area contributed by atoms with E-state index in [9.17, 15) is 0 Å². The summed E-state index contributed by atoms with van der Waals surface area (Å²) in [4.78, 5) is 4.37. The smallest absolute Gasteiger partial charge is 0.208 e. The summed E-state index contributed by atoms with van der Waals surface area (Å²) in [7, 11) is 1.93. The normalized spacial score (nSPS) is 12.3. The molecule has 3 aromatic rings. The standard InChI is InChI=1S/C14H16N6/c1-11(13-18-16-10-19(13)2)17-14-15-8-9-20(14)12-6-4-3-5-7-12/h3-11H,1-2H3,(H,15,17). The molecule has 0 saturated heterocycles. The van der Waals surface area contributed by atoms with Gasteiger partial charge < -0.3 is 9.88 Å². The minimum atomic E-state index is 0.0207. The topological polar surface area (TPSA) is 60.6 Å². The van der Waals surface area contributed by atoms with Crippen molar-refractivity contribution in [2.75, 3.05) is 5.32 Å². The van der Waals surface area contributed by atoms with Crippen molar-refractivity contribution >= 4 is 5.95 Å². The van der Waals surface area contributed by atoms with Gasteiger partial charge in [-0.15, -0.1) is 10.2 Å². The highest BCUT2D eigenvalue weighted by Gasteiger charge is 2.14. The number of anilines is 1. The van der Waals surface area contributed by atoms with Gasteiger partial charge in [0.25, 0.3) is 0 Å². The molecule has 2 aromatic heterocycles. The second-order valence-electron chi connectivity index (χ2n) is 4.62. The van der Waals surface area contributed by atoms with Gasteiger partial charge in [-0.1, -0.05) is 18.2 Å². The molecule has 2 heterocycles. The Morgan fingerprint density at radius 3 is 2.70 bits per heavy atom. The minimum Gasteiger partial charge on any atom is -0.346 e. The fraction of sp³-hybridized carbons (Fsp3) is 0.214. The maximum absolute atomic E-state index is 4.37. The zero-order valence-corrected chi connectivity index (χ0v) is 11.4. The first-order valence-corrected chi connectivity index (χ1v) is 6.45. The van der Waals surface area contributed by atoms with Crippen molar-refractivity contribution in [1.82, 2.24) is 24.3 Å². The molecule has 0 fully saturated rings. The van der Waals surface area contributed by atoms with Crippen molar-refractivity contribution in [2.24, 2.45) is 7.05 Å². The van der Waals surface area contributed by atoms with E-state index in [1.54, 1.807) is 12.5 Å². The molecule has 1 unspecified atom stereocenters. The lowest BCUT2D eigenvalue weighted by molar-refractivity contribution is 0.710. The molecule has 0 aliphatic rings. The Bertz CT molecular complexity index is 685. The lowest BCUT2D eigenvalue weighted by Crippen LogP contribution is -2.14. The number of hydrogen-bond acceptors (Lipinski definition) is 4. The van der Waals surface area contributed by atoms with Crippen LogP contribution in [-0.2, 0) is 7.05 Å². The molecule has 6 nitrogen and oxygen atoms in total. The molecule has 0 spiro atoms. The fourth-order valence-corrected chi connectivity index (χ4v) is 2.15. The van der Waals surface area contributed by atoms with Crippen LogP contribution in [0.4, 0.5) is 5.95 Å². The molecular formula is C14H16N6. The van der Waals surface area contributed by atoms with Crippen LogP contribution in [-0.4, -0.2) is 24.3 Å². The quantitative estimate of drug-likeness (QED) is 0.787. The van der Waals surface area contributed by atoms with Gasteiger partial charge in [0.1, 0.15) is 6.33 Å². The summed E-state index contributed by atoms with van der Waals surface area (Å²) < 4.78 is 3.90. The van der Waals surface area contributed by atoms with Gasteiger partial charge >= 0.3 is 0 Å². The van der Waals surface area contributed by atoms with Crippen molar-refractivity contribution in [3.8, 4) is 5.69 Å². The van der Waals surface area contributed by atoms with E-state index in [0.29, 0.717) is 0 Å². The van der Waals surface area contributed by atoms with Crippen LogP contribution in [0.2, 0.25) is 0 Å². The van der Waals surface area contributed by atoms with Crippen LogP contribution in [0.1, 0.15) is 18.8 Å². The second kappa shape index (κ2) is 5.16. The summed E-state index contributed by atoms with van der Waals surface area (Å²) in [6.45, 7) is 2.04. The number of para-hydroxylation sites is 1. The number of rotatable bonds is 4. The van der Waals surface area contributed by atoms with E-state index in [1.807, 2.05) is 59.6 Å². The number of nitrogens with one attached hydrogen (secondary N) is 1. The van der Waals surface area contributed by atoms with Gasteiger partial charge in [0.15, 0.2) is 5.82 Å². The van der Waals surface area contributed by atoms with Gasteiger partial charge in [0.05, 0.1) is 6.04 Å². The van der Waals surface area contributed by atoms with Gasteiger partial charge in [-0.3, -0.25) is 4.57 Å². The molecule has 1 N–H and O–H groups in total. The molecular weight excluding hydrogens is 252 g/mol. The zero-order valence-electron chi connectivity index (χ0n) is 11.4. The van der Waals surface area contributed by atoms with E-state index in [-0.39, 0.29) is 6.04 Å². The predicted molar refractivity (Wildman–Crippen MR) is 76.6 cm³/mol. The van der Waals surface area contributed by atoms with Gasteiger partial charge in [0, 0.05) is 25.1 Å². The molecule has 102 valence electrons. The molecule has 1 atom stereocenters. The van der Waals surface area contributed by atoms with Gasteiger partial charge in [-0.25, -0.2) is 4.98 Å². The number of benzene rings is 1. The maximum Gasteiger partial charge on any atom is 0.208 e. The van der Waals surface area contributed by atoms with Crippen LogP contribution >= 0.6 is 0 Å². The van der Waals surface area contributed by atoms with Gasteiger partial charge in [-0.2, -0.15) is 0 Å². The predicted octanol–water partition coefficient (Wildman–Crippen LogP) is 2.17. The summed E-state index contributed by atoms with van der Waals surface area (Å²) in [5.74, 6) is 1.65. The van der Waals surface area contributed by atoms with Crippen molar-refractivity contribution in [3.05, 3.63) is 54.9 Å². The molecule has 0 bridgehead atoms. The Hall–Kier alpha value is -2.63. The summed E-state index contributed by atoms with van der Waals surface area (Å²) in [5, 5.41) is 11.4. The fourth-order valence-electron chi connectivity index (χ4n) is 2.15. The Balaban J connectivity index is 1.86. The Morgan fingerprint density at radius 2 is 2.00 bits per heavy atom. The van der Waals surface area contributed by atoms with Crippen LogP contribution in [0.25, 0.3) is 5.69 Å². The van der Waals surface area contributed by atoms with Crippen LogP contribution in [0.5, 0.6) is 0 Å². The number of aromatic nitrogens is 5. The van der Waals surface area contributed by atoms with Gasteiger partial charge in [0.2, 0.25) is 5.95 Å². The van der Waals surface area contributed by atoms with Crippen molar-refractivity contribution < 1.29 is 0 Å². The van der Waals surface area contributed by atoms with Crippen molar-refractivity contribution in [1.29, 1.82) is 0 Å². The highest BCUT2D eigenvalue weighted by Crippen LogP contribution is 2.19. The molecule has 0 saturated carbocycles. The van der Waals surface area contributed by atoms with E-state index in [2.05, 4.69) is 20.5 Å². The Labute approximate surface area is 117 Å². The summed E-state index contributed by atoms with van der Waals surface area (Å²) >= 11 is 0. The summed E-state index contributed by atoms with van der Waals surface area (Å²) in [6.07, 6.45) is 5.40. The monoisotopic (exact) mass is 268 g/mol. The van der Waals surface area contributed by atoms with Crippen LogP contribution in [0, 0.1) is 0 Å². The molecule has 0 radical (unpaired) electrons. The first-order valence-electron chi connectivity index (χ1n) is 6.45. The Kier molecular flexibility index (Phi) is 3.20. The van der Waals surface area contributed by atoms with Crippen molar-refractivity contribution in [2.45, 2.75) is 13.0 Å². The minimum absolute atomic E-state index is 0.0207. The first-order chi connectivity index (χ1) is 9.75. The highest BCUT2D eigenvalue weighted by molar-refractivity contribution is 5.42. The van der Waals surface area contributed by atoms with E-state index in [4.69, 9.17) is 0 Å². The molecule has 20 heavy (non-hydrogen) atoms. The Morgan fingerprint density at radius 1 is 1.20 bits per heavy atom. The first kappa shape index (κ1) is 12.4. The van der Waals surface area contributed by atoms with E-state index in [1.165, 1.54) is 0 Å². The third-order valence-electron chi connectivity index (χ3n) is 3.15. The van der Waals surface area contributed by atoms with E-state index < -0.39 is 0 Å². The van der Waals surface area contributed by atoms with Crippen LogP contribution in [0.3, 0.4) is 0 Å². The third-order valence-corrected chi connectivity index (χ3v) is 3.15. The average Bonchev–Trinajstić information content (AvgIpc) is 3.08. The van der Waals surface area contributed by atoms with E-state index >= 15 is 0 Å². The summed E-state index contributed by atoms with van der Waals surface area (Å²) in [5.41, 5.74) is 1.07. The molecule has 1 aromatic carbocycles. The summed E-state index contributed by atoms with van der Waals surface area (Å²) in [6, 6.07) is 10.1. The number of aryl methyl sites for hydroxylation is 1. The van der Waals surface area contributed by atoms with Gasteiger partial charge in [-0.05, 0) is 19.1 Å². The molecule has 0 amide bonds. The second-order valence-corrected chi connectivity index (χ2v) is 4.62. The number of nitrogens with zero attached hydrogens (tertiary/aromatic N) is 5. The third kappa shape index (κ3) is 2.27. The lowest BCUT2D eigenvalue weighted by atomic mass is 10.3. The van der Waals surface area contributed by atoms with Crippen LogP contribution < -0.4 is 5.32 Å². The number of hydrogen-bond donors (Lipinski definition) is 1. The lowest BCUT2D eigenvalue weighted by Gasteiger charge is -2.15. The largest absolute Gasteiger partial charge is 0.346 e. The maximum atomic E-state index is 4.37.